The van der Waals surface area contributed by atoms with Crippen LogP contribution in [-0.4, -0.2) is 16.0 Å². The van der Waals surface area contributed by atoms with Crippen molar-refractivity contribution in [2.24, 2.45) is 0 Å². The molecule has 0 unspecified atom stereocenters. The fourth-order valence-corrected chi connectivity index (χ4v) is 2.81. The minimum atomic E-state index is -0.154. The normalized spacial score (nSPS) is 10.7. The van der Waals surface area contributed by atoms with Gasteiger partial charge in [0.15, 0.2) is 5.82 Å². The van der Waals surface area contributed by atoms with Crippen LogP contribution in [0.5, 0.6) is 0 Å². The van der Waals surface area contributed by atoms with Gasteiger partial charge in [-0.05, 0) is 55.5 Å². The van der Waals surface area contributed by atoms with E-state index in [1.807, 2.05) is 43.5 Å². The van der Waals surface area contributed by atoms with E-state index in [4.69, 9.17) is 4.52 Å². The molecule has 0 radical (unpaired) electrons. The Morgan fingerprint density at radius 3 is 2.68 bits per heavy atom. The molecule has 0 aliphatic heterocycles. The molecule has 2 heterocycles. The number of hydrogen-bond acceptors (Lipinski definition) is 5. The van der Waals surface area contributed by atoms with Crippen LogP contribution in [0.25, 0.3) is 10.8 Å². The summed E-state index contributed by atoms with van der Waals surface area (Å²) in [6, 6.07) is 7.48. The van der Waals surface area contributed by atoms with Crippen LogP contribution in [0.3, 0.4) is 0 Å². The third-order valence-electron chi connectivity index (χ3n) is 3.40. The molecule has 0 aliphatic rings. The number of nitrogens with zero attached hydrogens (tertiary/aromatic N) is 2. The summed E-state index contributed by atoms with van der Waals surface area (Å²) in [4.78, 5) is 17.4. The number of rotatable bonds is 3. The largest absolute Gasteiger partial charge is 0.333 e. The van der Waals surface area contributed by atoms with Gasteiger partial charge in [-0.1, -0.05) is 11.2 Å². The number of hydrogen-bond donors (Lipinski definition) is 1. The van der Waals surface area contributed by atoms with Crippen LogP contribution in [0.2, 0.25) is 0 Å². The summed E-state index contributed by atoms with van der Waals surface area (Å²) in [6.07, 6.45) is 0. The standard InChI is InChI=1S/C16H15N3O2S/c1-9-4-5-12(8-10(9)2)15(20)18-13-6-7-22-14(13)16-17-11(3)19-21-16/h4-8H,1-3H3,(H,18,20). The highest BCUT2D eigenvalue weighted by Gasteiger charge is 2.16. The van der Waals surface area contributed by atoms with Crippen molar-refractivity contribution in [1.29, 1.82) is 0 Å². The quantitative estimate of drug-likeness (QED) is 0.794. The number of aryl methyl sites for hydroxylation is 3. The molecule has 1 N–H and O–H groups in total. The molecule has 5 nitrogen and oxygen atoms in total. The third kappa shape index (κ3) is 2.78. The summed E-state index contributed by atoms with van der Waals surface area (Å²) in [5.74, 6) is 0.830. The number of nitrogens with one attached hydrogen (secondary N) is 1. The SMILES string of the molecule is Cc1noc(-c2sccc2NC(=O)c2ccc(C)c(C)c2)n1. The maximum atomic E-state index is 12.4. The molecule has 3 aromatic rings. The second-order valence-corrected chi connectivity index (χ2v) is 5.98. The predicted molar refractivity (Wildman–Crippen MR) is 86.2 cm³/mol. The monoisotopic (exact) mass is 313 g/mol. The molecule has 112 valence electrons. The van der Waals surface area contributed by atoms with Gasteiger partial charge in [-0.3, -0.25) is 4.79 Å². The summed E-state index contributed by atoms with van der Waals surface area (Å²) >= 11 is 1.45. The van der Waals surface area contributed by atoms with Crippen LogP contribution in [0, 0.1) is 20.8 Å². The first-order valence-corrected chi connectivity index (χ1v) is 7.69. The average molecular weight is 313 g/mol. The van der Waals surface area contributed by atoms with Crippen LogP contribution >= 0.6 is 11.3 Å². The van der Waals surface area contributed by atoms with E-state index in [0.29, 0.717) is 23.0 Å². The Hall–Kier alpha value is -2.47. The smallest absolute Gasteiger partial charge is 0.270 e. The maximum Gasteiger partial charge on any atom is 0.270 e. The van der Waals surface area contributed by atoms with Crippen molar-refractivity contribution in [3.05, 3.63) is 52.2 Å². The summed E-state index contributed by atoms with van der Waals surface area (Å²) < 4.78 is 5.17. The van der Waals surface area contributed by atoms with Gasteiger partial charge in [-0.2, -0.15) is 4.98 Å². The fourth-order valence-electron chi connectivity index (χ4n) is 2.04. The molecule has 1 amide bonds. The van der Waals surface area contributed by atoms with Crippen molar-refractivity contribution in [1.82, 2.24) is 10.1 Å². The highest BCUT2D eigenvalue weighted by molar-refractivity contribution is 7.14. The van der Waals surface area contributed by atoms with Gasteiger partial charge in [-0.25, -0.2) is 0 Å². The second kappa shape index (κ2) is 5.73. The van der Waals surface area contributed by atoms with Gasteiger partial charge in [0, 0.05) is 5.56 Å². The van der Waals surface area contributed by atoms with E-state index >= 15 is 0 Å². The Morgan fingerprint density at radius 1 is 1.18 bits per heavy atom. The average Bonchev–Trinajstić information content (AvgIpc) is 3.10. The van der Waals surface area contributed by atoms with Gasteiger partial charge in [0.1, 0.15) is 4.88 Å². The van der Waals surface area contributed by atoms with Gasteiger partial charge in [0.2, 0.25) is 0 Å². The van der Waals surface area contributed by atoms with Crippen molar-refractivity contribution in [2.75, 3.05) is 5.32 Å². The number of thiophene rings is 1. The molecule has 1 aromatic carbocycles. The molecule has 0 atom stereocenters. The van der Waals surface area contributed by atoms with Crippen molar-refractivity contribution < 1.29 is 9.32 Å². The molecule has 0 saturated carbocycles. The number of aromatic nitrogens is 2. The molecule has 6 heteroatoms. The fraction of sp³-hybridized carbons (Fsp3) is 0.188. The summed E-state index contributed by atoms with van der Waals surface area (Å²) in [5, 5.41) is 8.56. The first-order valence-electron chi connectivity index (χ1n) is 6.81. The first-order chi connectivity index (χ1) is 10.5. The molecule has 0 spiro atoms. The van der Waals surface area contributed by atoms with E-state index in [1.54, 1.807) is 6.92 Å². The van der Waals surface area contributed by atoms with Gasteiger partial charge in [0.05, 0.1) is 5.69 Å². The zero-order valence-electron chi connectivity index (χ0n) is 12.5. The minimum Gasteiger partial charge on any atom is -0.333 e. The van der Waals surface area contributed by atoms with Crippen LogP contribution in [0.4, 0.5) is 5.69 Å². The molecular formula is C16H15N3O2S. The lowest BCUT2D eigenvalue weighted by atomic mass is 10.1. The Morgan fingerprint density at radius 2 is 2.00 bits per heavy atom. The van der Waals surface area contributed by atoms with Crippen LogP contribution in [0.15, 0.2) is 34.2 Å². The maximum absolute atomic E-state index is 12.4. The van der Waals surface area contributed by atoms with E-state index in [-0.39, 0.29) is 5.91 Å². The van der Waals surface area contributed by atoms with Crippen molar-refractivity contribution in [3.63, 3.8) is 0 Å². The highest BCUT2D eigenvalue weighted by atomic mass is 32.1. The predicted octanol–water partition coefficient (Wildman–Crippen LogP) is 3.98. The summed E-state index contributed by atoms with van der Waals surface area (Å²) in [5.41, 5.74) is 3.55. The topological polar surface area (TPSA) is 68.0 Å². The number of anilines is 1. The number of carbonyl (C=O) groups excluding carboxylic acids is 1. The van der Waals surface area contributed by atoms with E-state index in [0.717, 1.165) is 16.0 Å². The van der Waals surface area contributed by atoms with Crippen LogP contribution < -0.4 is 5.32 Å². The molecule has 0 aliphatic carbocycles. The Labute approximate surface area is 132 Å². The molecule has 2 aromatic heterocycles. The lowest BCUT2D eigenvalue weighted by molar-refractivity contribution is 0.102. The van der Waals surface area contributed by atoms with E-state index in [9.17, 15) is 4.79 Å². The molecule has 22 heavy (non-hydrogen) atoms. The summed E-state index contributed by atoms with van der Waals surface area (Å²) in [6.45, 7) is 5.77. The van der Waals surface area contributed by atoms with E-state index in [1.165, 1.54) is 11.3 Å². The van der Waals surface area contributed by atoms with Gasteiger partial charge in [0.25, 0.3) is 11.8 Å². The zero-order valence-corrected chi connectivity index (χ0v) is 13.3. The van der Waals surface area contributed by atoms with E-state index < -0.39 is 0 Å². The van der Waals surface area contributed by atoms with Crippen molar-refractivity contribution in [2.45, 2.75) is 20.8 Å². The number of benzene rings is 1. The van der Waals surface area contributed by atoms with Crippen LogP contribution in [-0.2, 0) is 0 Å². The van der Waals surface area contributed by atoms with Crippen molar-refractivity contribution in [3.8, 4) is 10.8 Å². The molecular weight excluding hydrogens is 298 g/mol. The highest BCUT2D eigenvalue weighted by Crippen LogP contribution is 2.32. The van der Waals surface area contributed by atoms with Crippen LogP contribution in [0.1, 0.15) is 27.3 Å². The lowest BCUT2D eigenvalue weighted by Gasteiger charge is -2.07. The van der Waals surface area contributed by atoms with Gasteiger partial charge >= 0.3 is 0 Å². The minimum absolute atomic E-state index is 0.154. The summed E-state index contributed by atoms with van der Waals surface area (Å²) in [7, 11) is 0. The Kier molecular flexibility index (Phi) is 3.77. The Balaban J connectivity index is 1.86. The van der Waals surface area contributed by atoms with Gasteiger partial charge in [-0.15, -0.1) is 11.3 Å². The number of amides is 1. The van der Waals surface area contributed by atoms with Crippen molar-refractivity contribution >= 4 is 22.9 Å². The molecule has 0 saturated heterocycles. The molecule has 3 rings (SSSR count). The molecule has 0 bridgehead atoms. The molecule has 0 fully saturated rings. The first kappa shape index (κ1) is 14.5. The number of carbonyl (C=O) groups is 1. The van der Waals surface area contributed by atoms with Gasteiger partial charge < -0.3 is 9.84 Å². The van der Waals surface area contributed by atoms with E-state index in [2.05, 4.69) is 15.5 Å². The lowest BCUT2D eigenvalue weighted by Crippen LogP contribution is -2.12. The zero-order chi connectivity index (χ0) is 15.7. The second-order valence-electron chi connectivity index (χ2n) is 5.06. The Bertz CT molecular complexity index is 836. The third-order valence-corrected chi connectivity index (χ3v) is 4.31.